The number of fused-ring (bicyclic) bond motifs is 1. The van der Waals surface area contributed by atoms with Gasteiger partial charge in [-0.3, -0.25) is 9.36 Å². The van der Waals surface area contributed by atoms with Crippen molar-refractivity contribution >= 4 is 29.1 Å². The van der Waals surface area contributed by atoms with Crippen LogP contribution in [0.3, 0.4) is 0 Å². The molecule has 4 rings (SSSR count). The molecule has 0 amide bonds. The van der Waals surface area contributed by atoms with Gasteiger partial charge in [0.15, 0.2) is 16.3 Å². The van der Waals surface area contributed by atoms with E-state index in [1.54, 1.807) is 63.2 Å². The summed E-state index contributed by atoms with van der Waals surface area (Å²) in [7, 11) is 0. The normalized spacial score (nSPS) is 15.6. The fraction of sp³-hybridized carbons (Fsp3) is 0.240. The Balaban J connectivity index is 1.95. The highest BCUT2D eigenvalue weighted by atomic mass is 32.1. The van der Waals surface area contributed by atoms with Crippen molar-refractivity contribution in [2.24, 2.45) is 4.99 Å². The molecule has 0 radical (unpaired) electrons. The summed E-state index contributed by atoms with van der Waals surface area (Å²) < 4.78 is 12.5. The maximum absolute atomic E-state index is 13.3. The van der Waals surface area contributed by atoms with E-state index in [0.717, 1.165) is 11.3 Å². The number of allylic oxidation sites excluding steroid dienone is 1. The molecule has 0 spiro atoms. The molecule has 2 N–H and O–H groups in total. The van der Waals surface area contributed by atoms with E-state index in [1.165, 1.54) is 10.6 Å². The first kappa shape index (κ1) is 23.3. The maximum Gasteiger partial charge on any atom is 0.338 e. The van der Waals surface area contributed by atoms with Crippen LogP contribution < -0.4 is 19.6 Å². The number of nitrogens with zero attached hydrogens (tertiary/aromatic N) is 2. The average Bonchev–Trinajstić information content (AvgIpc) is 3.12. The molecular weight excluding hydrogens is 456 g/mol. The Kier molecular flexibility index (Phi) is 6.56. The second-order valence-corrected chi connectivity index (χ2v) is 8.51. The summed E-state index contributed by atoms with van der Waals surface area (Å²) in [6, 6.07) is 10.7. The van der Waals surface area contributed by atoms with Crippen LogP contribution in [0.25, 0.3) is 11.8 Å². The van der Waals surface area contributed by atoms with E-state index in [-0.39, 0.29) is 35.0 Å². The van der Waals surface area contributed by atoms with Gasteiger partial charge in [-0.15, -0.1) is 0 Å². The van der Waals surface area contributed by atoms with Crippen molar-refractivity contribution < 1.29 is 24.5 Å². The van der Waals surface area contributed by atoms with Crippen LogP contribution >= 0.6 is 11.3 Å². The summed E-state index contributed by atoms with van der Waals surface area (Å²) in [4.78, 5) is 31.4. The van der Waals surface area contributed by atoms with Crippen molar-refractivity contribution in [1.29, 1.82) is 0 Å². The summed E-state index contributed by atoms with van der Waals surface area (Å²) >= 11 is 1.16. The Bertz CT molecular complexity index is 1470. The summed E-state index contributed by atoms with van der Waals surface area (Å²) in [5.41, 5.74) is 1.42. The van der Waals surface area contributed by atoms with E-state index < -0.39 is 12.0 Å². The monoisotopic (exact) mass is 480 g/mol. The second-order valence-electron chi connectivity index (χ2n) is 7.50. The first-order valence-corrected chi connectivity index (χ1v) is 11.6. The van der Waals surface area contributed by atoms with E-state index in [1.807, 2.05) is 0 Å². The van der Waals surface area contributed by atoms with Crippen molar-refractivity contribution in [3.05, 3.63) is 78.9 Å². The van der Waals surface area contributed by atoms with Crippen LogP contribution in [0.1, 0.15) is 37.9 Å². The van der Waals surface area contributed by atoms with Crippen molar-refractivity contribution in [2.45, 2.75) is 26.8 Å². The van der Waals surface area contributed by atoms with Crippen LogP contribution in [0.2, 0.25) is 0 Å². The van der Waals surface area contributed by atoms with Crippen molar-refractivity contribution in [2.75, 3.05) is 13.2 Å². The van der Waals surface area contributed by atoms with Gasteiger partial charge < -0.3 is 19.7 Å². The van der Waals surface area contributed by atoms with Gasteiger partial charge in [-0.2, -0.15) is 0 Å². The Morgan fingerprint density at radius 2 is 1.91 bits per heavy atom. The number of hydrogen-bond acceptors (Lipinski definition) is 8. The van der Waals surface area contributed by atoms with Gasteiger partial charge in [0.25, 0.3) is 5.56 Å². The first-order chi connectivity index (χ1) is 16.3. The van der Waals surface area contributed by atoms with E-state index in [2.05, 4.69) is 0 Å². The third kappa shape index (κ3) is 4.22. The van der Waals surface area contributed by atoms with Crippen molar-refractivity contribution in [3.8, 4) is 17.2 Å². The number of rotatable bonds is 6. The van der Waals surface area contributed by atoms with Gasteiger partial charge in [-0.05, 0) is 50.6 Å². The number of phenolic OH excluding ortho intramolecular Hbond substituents is 2. The lowest BCUT2D eigenvalue weighted by atomic mass is 9.96. The molecule has 1 aliphatic rings. The molecule has 1 aliphatic heterocycles. The van der Waals surface area contributed by atoms with Crippen LogP contribution in [-0.4, -0.2) is 34.0 Å². The predicted molar refractivity (Wildman–Crippen MR) is 129 cm³/mol. The Morgan fingerprint density at radius 3 is 2.62 bits per heavy atom. The van der Waals surface area contributed by atoms with Crippen LogP contribution in [0.4, 0.5) is 0 Å². The number of hydrogen-bond donors (Lipinski definition) is 2. The van der Waals surface area contributed by atoms with E-state index in [9.17, 15) is 19.8 Å². The molecule has 2 heterocycles. The quantitative estimate of drug-likeness (QED) is 0.525. The van der Waals surface area contributed by atoms with Gasteiger partial charge in [-0.25, -0.2) is 9.79 Å². The minimum absolute atomic E-state index is 0.0209. The number of para-hydroxylation sites is 1. The van der Waals surface area contributed by atoms with Crippen LogP contribution in [-0.2, 0) is 9.53 Å². The second kappa shape index (κ2) is 9.56. The Hall–Kier alpha value is -3.85. The largest absolute Gasteiger partial charge is 0.507 e. The Labute approximate surface area is 199 Å². The molecule has 0 bridgehead atoms. The van der Waals surface area contributed by atoms with Crippen molar-refractivity contribution in [3.63, 3.8) is 0 Å². The van der Waals surface area contributed by atoms with Gasteiger partial charge in [0, 0.05) is 11.3 Å². The lowest BCUT2D eigenvalue weighted by Gasteiger charge is -2.22. The third-order valence-electron chi connectivity index (χ3n) is 5.36. The summed E-state index contributed by atoms with van der Waals surface area (Å²) in [6.07, 6.45) is 1.60. The number of aromatic nitrogens is 1. The summed E-state index contributed by atoms with van der Waals surface area (Å²) in [5.74, 6) is -0.263. The lowest BCUT2D eigenvalue weighted by molar-refractivity contribution is -0.138. The molecule has 2 aromatic carbocycles. The van der Waals surface area contributed by atoms with Gasteiger partial charge in [0.2, 0.25) is 0 Å². The van der Waals surface area contributed by atoms with Crippen LogP contribution in [0, 0.1) is 0 Å². The molecule has 8 nitrogen and oxygen atoms in total. The highest BCUT2D eigenvalue weighted by Gasteiger charge is 2.32. The number of aromatic hydroxyl groups is 2. The number of ether oxygens (including phenoxy) is 2. The predicted octanol–water partition coefficient (Wildman–Crippen LogP) is 2.72. The summed E-state index contributed by atoms with van der Waals surface area (Å²) in [6.45, 7) is 5.71. The molecule has 0 fully saturated rings. The molecule has 176 valence electrons. The number of phenols is 2. The molecule has 0 saturated heterocycles. The highest BCUT2D eigenvalue weighted by Crippen LogP contribution is 2.36. The molecule has 3 aromatic rings. The topological polar surface area (TPSA) is 110 Å². The van der Waals surface area contributed by atoms with Crippen molar-refractivity contribution in [1.82, 2.24) is 4.57 Å². The average molecular weight is 481 g/mol. The molecule has 1 atom stereocenters. The zero-order chi connectivity index (χ0) is 24.4. The van der Waals surface area contributed by atoms with Gasteiger partial charge in [0.05, 0.1) is 23.3 Å². The van der Waals surface area contributed by atoms with E-state index in [4.69, 9.17) is 14.5 Å². The first-order valence-electron chi connectivity index (χ1n) is 10.8. The van der Waals surface area contributed by atoms with E-state index in [0.29, 0.717) is 32.8 Å². The number of benzene rings is 2. The van der Waals surface area contributed by atoms with Crippen LogP contribution in [0.5, 0.6) is 17.2 Å². The fourth-order valence-electron chi connectivity index (χ4n) is 3.78. The minimum atomic E-state index is -0.755. The summed E-state index contributed by atoms with van der Waals surface area (Å²) in [5, 5.41) is 20.2. The zero-order valence-corrected chi connectivity index (χ0v) is 19.8. The van der Waals surface area contributed by atoms with Gasteiger partial charge in [0.1, 0.15) is 11.8 Å². The molecule has 34 heavy (non-hydrogen) atoms. The standard InChI is InChI=1S/C25H24N2O6S/c1-4-32-19-12-16(10-11-18(19)29)22-21(24(31)33-5-2)14(3)27-23(30)20(34-25(27)26-22)13-15-8-6-7-9-17(15)28/h6-13,22,28-29H,4-5H2,1-3H3/b20-13-/t22-/m1/s1. The molecule has 0 saturated carbocycles. The fourth-order valence-corrected chi connectivity index (χ4v) is 4.81. The Morgan fingerprint density at radius 1 is 1.15 bits per heavy atom. The van der Waals surface area contributed by atoms with Gasteiger partial charge in [-0.1, -0.05) is 35.6 Å². The molecule has 1 aromatic heterocycles. The molecule has 0 aliphatic carbocycles. The number of carbonyl (C=O) groups is 1. The SMILES string of the molecule is CCOC(=O)C1=C(C)n2c(s/c(=C\c3ccccc3O)c2=O)=N[C@@H]1c1ccc(O)c(OCC)c1. The number of thiazole rings is 1. The lowest BCUT2D eigenvalue weighted by Crippen LogP contribution is -2.35. The maximum atomic E-state index is 13.3. The molecular formula is C25H24N2O6S. The van der Waals surface area contributed by atoms with Crippen LogP contribution in [0.15, 0.2) is 57.8 Å². The third-order valence-corrected chi connectivity index (χ3v) is 6.35. The number of carbonyl (C=O) groups excluding carboxylic acids is 1. The zero-order valence-electron chi connectivity index (χ0n) is 18.9. The minimum Gasteiger partial charge on any atom is -0.507 e. The molecule has 0 unspecified atom stereocenters. The van der Waals surface area contributed by atoms with E-state index >= 15 is 0 Å². The molecule has 9 heteroatoms. The van der Waals surface area contributed by atoms with Gasteiger partial charge >= 0.3 is 5.97 Å². The smallest absolute Gasteiger partial charge is 0.338 e. The highest BCUT2D eigenvalue weighted by molar-refractivity contribution is 7.07. The number of esters is 1.